The largest absolute Gasteiger partial charge is 0.484 e. The van der Waals surface area contributed by atoms with Crippen molar-refractivity contribution in [2.45, 2.75) is 33.1 Å². The number of anilines is 1. The van der Waals surface area contributed by atoms with Crippen LogP contribution < -0.4 is 10.1 Å². The molecule has 1 heterocycles. The lowest BCUT2D eigenvalue weighted by Crippen LogP contribution is -2.19. The molecule has 0 atom stereocenters. The normalized spacial score (nSPS) is 10.8. The molecule has 0 radical (unpaired) electrons. The lowest BCUT2D eigenvalue weighted by molar-refractivity contribution is -0.118. The lowest BCUT2D eigenvalue weighted by atomic mass is 10.1. The summed E-state index contributed by atoms with van der Waals surface area (Å²) < 4.78 is 6.63. The zero-order chi connectivity index (χ0) is 17.6. The molecule has 25 heavy (non-hydrogen) atoms. The number of amides is 1. The summed E-state index contributed by atoms with van der Waals surface area (Å²) in [6, 6.07) is 14.1. The number of aryl methyl sites for hydroxylation is 2. The third-order valence-corrected chi connectivity index (χ3v) is 4.87. The Kier molecular flexibility index (Phi) is 5.66. The molecule has 1 aromatic heterocycles. The number of carbonyl (C=O) groups excluding carboxylic acids is 1. The van der Waals surface area contributed by atoms with Gasteiger partial charge in [-0.25, -0.2) is 4.98 Å². The highest BCUT2D eigenvalue weighted by atomic mass is 32.1. The standard InChI is InChI=1S/C20H22N2O2S/c1-3-5-15-6-9-16(10-7-15)24-13-19(23)22-20-21-17-11-8-14(4-2)12-18(17)25-20/h6-12H,3-5,13H2,1-2H3,(H,21,22,23). The smallest absolute Gasteiger partial charge is 0.264 e. The number of hydrogen-bond acceptors (Lipinski definition) is 4. The van der Waals surface area contributed by atoms with Gasteiger partial charge in [-0.2, -0.15) is 0 Å². The van der Waals surface area contributed by atoms with Crippen molar-refractivity contribution in [2.24, 2.45) is 0 Å². The summed E-state index contributed by atoms with van der Waals surface area (Å²) in [6.07, 6.45) is 3.16. The van der Waals surface area contributed by atoms with E-state index in [4.69, 9.17) is 4.74 Å². The van der Waals surface area contributed by atoms with E-state index in [2.05, 4.69) is 36.3 Å². The van der Waals surface area contributed by atoms with E-state index in [-0.39, 0.29) is 12.5 Å². The minimum atomic E-state index is -0.201. The molecule has 0 saturated heterocycles. The van der Waals surface area contributed by atoms with Gasteiger partial charge >= 0.3 is 0 Å². The average molecular weight is 354 g/mol. The number of nitrogens with one attached hydrogen (secondary N) is 1. The van der Waals surface area contributed by atoms with Crippen LogP contribution in [0.4, 0.5) is 5.13 Å². The van der Waals surface area contributed by atoms with Gasteiger partial charge in [0.2, 0.25) is 0 Å². The Labute approximate surface area is 151 Å². The highest BCUT2D eigenvalue weighted by Crippen LogP contribution is 2.27. The summed E-state index contributed by atoms with van der Waals surface area (Å²) in [5.41, 5.74) is 3.45. The second-order valence-electron chi connectivity index (χ2n) is 5.91. The first kappa shape index (κ1) is 17.4. The second kappa shape index (κ2) is 8.12. The van der Waals surface area contributed by atoms with Gasteiger partial charge in [0.05, 0.1) is 10.2 Å². The van der Waals surface area contributed by atoms with Gasteiger partial charge in [0, 0.05) is 0 Å². The van der Waals surface area contributed by atoms with Crippen molar-refractivity contribution in [1.29, 1.82) is 0 Å². The maximum absolute atomic E-state index is 12.1. The van der Waals surface area contributed by atoms with Crippen LogP contribution in [0.3, 0.4) is 0 Å². The maximum Gasteiger partial charge on any atom is 0.264 e. The summed E-state index contributed by atoms with van der Waals surface area (Å²) >= 11 is 1.49. The van der Waals surface area contributed by atoms with Crippen molar-refractivity contribution < 1.29 is 9.53 Å². The number of ether oxygens (including phenoxy) is 1. The van der Waals surface area contributed by atoms with Crippen LogP contribution >= 0.6 is 11.3 Å². The quantitative estimate of drug-likeness (QED) is 0.661. The molecule has 4 nitrogen and oxygen atoms in total. The first-order valence-electron chi connectivity index (χ1n) is 8.59. The topological polar surface area (TPSA) is 51.2 Å². The Hall–Kier alpha value is -2.40. The van der Waals surface area contributed by atoms with E-state index in [1.807, 2.05) is 30.3 Å². The summed E-state index contributed by atoms with van der Waals surface area (Å²) in [7, 11) is 0. The van der Waals surface area contributed by atoms with E-state index >= 15 is 0 Å². The number of hydrogen-bond donors (Lipinski definition) is 1. The molecule has 3 aromatic rings. The van der Waals surface area contributed by atoms with Gasteiger partial charge in [-0.05, 0) is 48.2 Å². The molecule has 3 rings (SSSR count). The molecule has 1 amide bonds. The Morgan fingerprint density at radius 2 is 1.88 bits per heavy atom. The predicted octanol–water partition coefficient (Wildman–Crippen LogP) is 4.83. The van der Waals surface area contributed by atoms with Crippen molar-refractivity contribution >= 4 is 32.6 Å². The fourth-order valence-corrected chi connectivity index (χ4v) is 3.53. The predicted molar refractivity (Wildman–Crippen MR) is 104 cm³/mol. The molecule has 0 aliphatic rings. The zero-order valence-corrected chi connectivity index (χ0v) is 15.4. The van der Waals surface area contributed by atoms with Crippen LogP contribution in [0.5, 0.6) is 5.75 Å². The third kappa shape index (κ3) is 4.57. The van der Waals surface area contributed by atoms with E-state index in [1.54, 1.807) is 0 Å². The van der Waals surface area contributed by atoms with E-state index in [1.165, 1.54) is 22.5 Å². The van der Waals surface area contributed by atoms with Crippen LogP contribution in [0.1, 0.15) is 31.4 Å². The van der Waals surface area contributed by atoms with Crippen LogP contribution in [-0.2, 0) is 17.6 Å². The minimum absolute atomic E-state index is 0.0245. The zero-order valence-electron chi connectivity index (χ0n) is 14.5. The maximum atomic E-state index is 12.1. The first-order valence-corrected chi connectivity index (χ1v) is 9.40. The monoisotopic (exact) mass is 354 g/mol. The molecule has 0 aliphatic carbocycles. The van der Waals surface area contributed by atoms with Gasteiger partial charge in [-0.3, -0.25) is 10.1 Å². The van der Waals surface area contributed by atoms with Gasteiger partial charge in [-0.15, -0.1) is 0 Å². The van der Waals surface area contributed by atoms with Crippen molar-refractivity contribution in [3.63, 3.8) is 0 Å². The minimum Gasteiger partial charge on any atom is -0.484 e. The number of rotatable bonds is 7. The molecular weight excluding hydrogens is 332 g/mol. The van der Waals surface area contributed by atoms with Crippen molar-refractivity contribution in [2.75, 3.05) is 11.9 Å². The molecule has 1 N–H and O–H groups in total. The van der Waals surface area contributed by atoms with Gasteiger partial charge in [-0.1, -0.05) is 49.8 Å². The van der Waals surface area contributed by atoms with E-state index in [9.17, 15) is 4.79 Å². The van der Waals surface area contributed by atoms with Crippen molar-refractivity contribution in [1.82, 2.24) is 4.98 Å². The highest BCUT2D eigenvalue weighted by Gasteiger charge is 2.09. The number of nitrogens with zero attached hydrogens (tertiary/aromatic N) is 1. The lowest BCUT2D eigenvalue weighted by Gasteiger charge is -2.06. The van der Waals surface area contributed by atoms with E-state index in [0.717, 1.165) is 29.5 Å². The summed E-state index contributed by atoms with van der Waals surface area (Å²) in [4.78, 5) is 16.5. The van der Waals surface area contributed by atoms with E-state index in [0.29, 0.717) is 10.9 Å². The second-order valence-corrected chi connectivity index (χ2v) is 6.94. The average Bonchev–Trinajstić information content (AvgIpc) is 3.02. The molecule has 0 spiro atoms. The Morgan fingerprint density at radius 3 is 2.60 bits per heavy atom. The molecule has 0 fully saturated rings. The summed E-state index contributed by atoms with van der Waals surface area (Å²) in [5, 5.41) is 3.42. The molecule has 130 valence electrons. The number of aromatic nitrogens is 1. The van der Waals surface area contributed by atoms with Crippen LogP contribution in [0.2, 0.25) is 0 Å². The number of fused-ring (bicyclic) bond motifs is 1. The Morgan fingerprint density at radius 1 is 1.12 bits per heavy atom. The number of benzene rings is 2. The molecule has 5 heteroatoms. The number of thiazole rings is 1. The van der Waals surface area contributed by atoms with Crippen LogP contribution in [0, 0.1) is 0 Å². The molecule has 0 bridgehead atoms. The van der Waals surface area contributed by atoms with Crippen LogP contribution in [-0.4, -0.2) is 17.5 Å². The fraction of sp³-hybridized carbons (Fsp3) is 0.300. The summed E-state index contributed by atoms with van der Waals surface area (Å²) in [6.45, 7) is 4.25. The molecule has 0 saturated carbocycles. The van der Waals surface area contributed by atoms with Crippen LogP contribution in [0.25, 0.3) is 10.2 Å². The Bertz CT molecular complexity index is 856. The molecule has 2 aromatic carbocycles. The molecular formula is C20H22N2O2S. The fourth-order valence-electron chi connectivity index (χ4n) is 2.59. The molecule has 0 unspecified atom stereocenters. The van der Waals surface area contributed by atoms with Crippen molar-refractivity contribution in [3.8, 4) is 5.75 Å². The van der Waals surface area contributed by atoms with Crippen LogP contribution in [0.15, 0.2) is 42.5 Å². The Balaban J connectivity index is 1.57. The van der Waals surface area contributed by atoms with Gasteiger partial charge < -0.3 is 4.74 Å². The summed E-state index contributed by atoms with van der Waals surface area (Å²) in [5.74, 6) is 0.499. The van der Waals surface area contributed by atoms with E-state index < -0.39 is 0 Å². The first-order chi connectivity index (χ1) is 12.2. The van der Waals surface area contributed by atoms with Gasteiger partial charge in [0.15, 0.2) is 11.7 Å². The number of carbonyl (C=O) groups is 1. The molecule has 0 aliphatic heterocycles. The highest BCUT2D eigenvalue weighted by molar-refractivity contribution is 7.22. The third-order valence-electron chi connectivity index (χ3n) is 3.94. The SMILES string of the molecule is CCCc1ccc(OCC(=O)Nc2nc3ccc(CC)cc3s2)cc1. The van der Waals surface area contributed by atoms with Gasteiger partial charge in [0.25, 0.3) is 5.91 Å². The van der Waals surface area contributed by atoms with Gasteiger partial charge in [0.1, 0.15) is 5.75 Å². The van der Waals surface area contributed by atoms with Crippen molar-refractivity contribution in [3.05, 3.63) is 53.6 Å².